The first kappa shape index (κ1) is 17.9. The van der Waals surface area contributed by atoms with Crippen LogP contribution in [0.25, 0.3) is 11.0 Å². The van der Waals surface area contributed by atoms with Crippen molar-refractivity contribution in [3.63, 3.8) is 0 Å². The van der Waals surface area contributed by atoms with E-state index in [0.717, 1.165) is 23.0 Å². The van der Waals surface area contributed by atoms with E-state index in [1.807, 2.05) is 38.1 Å². The molecule has 0 saturated carbocycles. The molecule has 0 spiro atoms. The zero-order chi connectivity index (χ0) is 18.7. The Morgan fingerprint density at radius 3 is 2.38 bits per heavy atom. The van der Waals surface area contributed by atoms with E-state index >= 15 is 0 Å². The van der Waals surface area contributed by atoms with Crippen LogP contribution in [0.1, 0.15) is 25.3 Å². The predicted octanol–water partition coefficient (Wildman–Crippen LogP) is 3.69. The topological polar surface area (TPSA) is 56.0 Å². The molecule has 5 nitrogen and oxygen atoms in total. The normalized spacial score (nSPS) is 11.0. The van der Waals surface area contributed by atoms with Crippen LogP contribution in [0.15, 0.2) is 47.3 Å². The summed E-state index contributed by atoms with van der Waals surface area (Å²) in [7, 11) is 0. The number of benzene rings is 2. The van der Waals surface area contributed by atoms with Crippen LogP contribution in [0.5, 0.6) is 0 Å². The summed E-state index contributed by atoms with van der Waals surface area (Å²) in [6, 6.07) is 12.1. The van der Waals surface area contributed by atoms with Crippen molar-refractivity contribution in [2.24, 2.45) is 0 Å². The van der Waals surface area contributed by atoms with E-state index in [2.05, 4.69) is 5.32 Å². The van der Waals surface area contributed by atoms with Crippen molar-refractivity contribution in [1.82, 2.24) is 9.13 Å². The van der Waals surface area contributed by atoms with Crippen molar-refractivity contribution in [3.05, 3.63) is 64.3 Å². The van der Waals surface area contributed by atoms with Crippen LogP contribution in [-0.4, -0.2) is 15.0 Å². The molecule has 0 bridgehead atoms. The highest BCUT2D eigenvalue weighted by atomic mass is 19.1. The number of nitrogens with one attached hydrogen (secondary N) is 1. The van der Waals surface area contributed by atoms with Crippen molar-refractivity contribution >= 4 is 22.6 Å². The minimum atomic E-state index is -0.472. The Morgan fingerprint density at radius 1 is 1.08 bits per heavy atom. The van der Waals surface area contributed by atoms with Crippen molar-refractivity contribution in [2.45, 2.75) is 39.8 Å². The minimum Gasteiger partial charge on any atom is -0.324 e. The lowest BCUT2D eigenvalue weighted by Crippen LogP contribution is -2.26. The van der Waals surface area contributed by atoms with Gasteiger partial charge in [0.05, 0.1) is 16.7 Å². The van der Waals surface area contributed by atoms with E-state index < -0.39 is 5.82 Å². The van der Waals surface area contributed by atoms with E-state index in [4.69, 9.17) is 0 Å². The molecule has 1 heterocycles. The molecule has 1 amide bonds. The summed E-state index contributed by atoms with van der Waals surface area (Å²) >= 11 is 0. The number of hydrogen-bond acceptors (Lipinski definition) is 2. The number of aromatic nitrogens is 2. The van der Waals surface area contributed by atoms with Crippen molar-refractivity contribution in [3.8, 4) is 0 Å². The number of imidazole rings is 1. The van der Waals surface area contributed by atoms with Crippen molar-refractivity contribution in [1.29, 1.82) is 0 Å². The number of rotatable bonds is 6. The molecular formula is C20H22FN3O2. The van der Waals surface area contributed by atoms with Crippen molar-refractivity contribution < 1.29 is 9.18 Å². The summed E-state index contributed by atoms with van der Waals surface area (Å²) in [5.41, 5.74) is 2.57. The quantitative estimate of drug-likeness (QED) is 0.733. The van der Waals surface area contributed by atoms with Crippen LogP contribution < -0.4 is 11.0 Å². The Morgan fingerprint density at radius 2 is 1.73 bits per heavy atom. The Kier molecular flexibility index (Phi) is 5.21. The van der Waals surface area contributed by atoms with Crippen LogP contribution in [0.2, 0.25) is 0 Å². The largest absolute Gasteiger partial charge is 0.329 e. The standard InChI is InChI=1S/C20H22FN3O2/c1-3-11-23-17-6-4-5-7-18(17)24(20(23)26)12-10-19(25)22-16-13-14(2)8-9-15(16)21/h4-9,13H,3,10-12H2,1-2H3,(H,22,25). The molecule has 3 aromatic rings. The monoisotopic (exact) mass is 355 g/mol. The number of carbonyl (C=O) groups excluding carboxylic acids is 1. The number of halogens is 1. The van der Waals surface area contributed by atoms with Gasteiger partial charge in [-0.25, -0.2) is 9.18 Å². The Hall–Kier alpha value is -2.89. The molecule has 26 heavy (non-hydrogen) atoms. The number of carbonyl (C=O) groups is 1. The lowest BCUT2D eigenvalue weighted by Gasteiger charge is -2.08. The molecule has 2 aromatic carbocycles. The molecule has 0 aliphatic heterocycles. The molecule has 1 N–H and O–H groups in total. The van der Waals surface area contributed by atoms with Gasteiger partial charge >= 0.3 is 5.69 Å². The zero-order valence-corrected chi connectivity index (χ0v) is 15.0. The third kappa shape index (κ3) is 3.54. The van der Waals surface area contributed by atoms with Gasteiger partial charge in [0.1, 0.15) is 5.82 Å². The molecular weight excluding hydrogens is 333 g/mol. The van der Waals surface area contributed by atoms with Crippen LogP contribution in [0, 0.1) is 12.7 Å². The van der Waals surface area contributed by atoms with E-state index in [9.17, 15) is 14.0 Å². The minimum absolute atomic E-state index is 0.0907. The fourth-order valence-electron chi connectivity index (χ4n) is 3.09. The van der Waals surface area contributed by atoms with Gasteiger partial charge in [-0.05, 0) is 43.2 Å². The number of hydrogen-bond donors (Lipinski definition) is 1. The fourth-order valence-corrected chi connectivity index (χ4v) is 3.09. The summed E-state index contributed by atoms with van der Waals surface area (Å²) < 4.78 is 17.1. The van der Waals surface area contributed by atoms with Crippen molar-refractivity contribution in [2.75, 3.05) is 5.32 Å². The maximum Gasteiger partial charge on any atom is 0.329 e. The maximum atomic E-state index is 13.8. The second kappa shape index (κ2) is 7.56. The Labute approximate surface area is 151 Å². The third-order valence-electron chi connectivity index (χ3n) is 4.33. The van der Waals surface area contributed by atoms with Gasteiger partial charge in [-0.15, -0.1) is 0 Å². The molecule has 1 aromatic heterocycles. The zero-order valence-electron chi connectivity index (χ0n) is 15.0. The second-order valence-electron chi connectivity index (χ2n) is 6.36. The number of para-hydroxylation sites is 2. The average molecular weight is 355 g/mol. The Balaban J connectivity index is 1.79. The van der Waals surface area contributed by atoms with Crippen LogP contribution in [0.3, 0.4) is 0 Å². The number of anilines is 1. The molecule has 6 heteroatoms. The first-order valence-electron chi connectivity index (χ1n) is 8.75. The van der Waals surface area contributed by atoms with E-state index in [1.165, 1.54) is 6.07 Å². The molecule has 0 fully saturated rings. The van der Waals surface area contributed by atoms with Gasteiger partial charge in [-0.1, -0.05) is 25.1 Å². The van der Waals surface area contributed by atoms with E-state index in [1.54, 1.807) is 21.3 Å². The highest BCUT2D eigenvalue weighted by molar-refractivity contribution is 5.91. The molecule has 3 rings (SSSR count). The summed E-state index contributed by atoms with van der Waals surface area (Å²) in [4.78, 5) is 24.9. The first-order chi connectivity index (χ1) is 12.5. The lowest BCUT2D eigenvalue weighted by atomic mass is 10.2. The van der Waals surface area contributed by atoms with Gasteiger partial charge < -0.3 is 5.32 Å². The molecule has 0 unspecified atom stereocenters. The molecule has 0 atom stereocenters. The van der Waals surface area contributed by atoms with E-state index in [0.29, 0.717) is 6.54 Å². The van der Waals surface area contributed by atoms with Gasteiger partial charge in [0, 0.05) is 19.5 Å². The first-order valence-corrected chi connectivity index (χ1v) is 8.75. The number of nitrogens with zero attached hydrogens (tertiary/aromatic N) is 2. The number of aryl methyl sites for hydroxylation is 3. The van der Waals surface area contributed by atoms with Crippen LogP contribution in [-0.2, 0) is 17.9 Å². The maximum absolute atomic E-state index is 13.8. The molecule has 0 radical (unpaired) electrons. The Bertz CT molecular complexity index is 1000. The lowest BCUT2D eigenvalue weighted by molar-refractivity contribution is -0.116. The summed E-state index contributed by atoms with van der Waals surface area (Å²) in [5, 5.41) is 2.58. The summed E-state index contributed by atoms with van der Waals surface area (Å²) in [6.45, 7) is 4.72. The summed E-state index contributed by atoms with van der Waals surface area (Å²) in [6.07, 6.45) is 0.939. The second-order valence-corrected chi connectivity index (χ2v) is 6.36. The van der Waals surface area contributed by atoms with Gasteiger partial charge in [0.2, 0.25) is 5.91 Å². The SMILES string of the molecule is CCCn1c(=O)n(CCC(=O)Nc2cc(C)ccc2F)c2ccccc21. The predicted molar refractivity (Wildman–Crippen MR) is 101 cm³/mol. The molecule has 0 aliphatic rings. The highest BCUT2D eigenvalue weighted by Gasteiger charge is 2.14. The molecule has 0 aliphatic carbocycles. The van der Waals surface area contributed by atoms with Gasteiger partial charge in [0.25, 0.3) is 0 Å². The third-order valence-corrected chi connectivity index (χ3v) is 4.33. The van der Waals surface area contributed by atoms with Crippen LogP contribution >= 0.6 is 0 Å². The van der Waals surface area contributed by atoms with Gasteiger partial charge in [-0.3, -0.25) is 13.9 Å². The number of amides is 1. The van der Waals surface area contributed by atoms with Crippen LogP contribution in [0.4, 0.5) is 10.1 Å². The van der Waals surface area contributed by atoms with Gasteiger partial charge in [-0.2, -0.15) is 0 Å². The molecule has 0 saturated heterocycles. The number of fused-ring (bicyclic) bond motifs is 1. The average Bonchev–Trinajstić information content (AvgIpc) is 2.89. The van der Waals surface area contributed by atoms with E-state index in [-0.39, 0.29) is 30.2 Å². The molecule has 136 valence electrons. The van der Waals surface area contributed by atoms with Gasteiger partial charge in [0.15, 0.2) is 0 Å². The summed E-state index contributed by atoms with van der Waals surface area (Å²) in [5.74, 6) is -0.797. The fraction of sp³-hybridized carbons (Fsp3) is 0.300. The smallest absolute Gasteiger partial charge is 0.324 e. The highest BCUT2D eigenvalue weighted by Crippen LogP contribution is 2.17.